The number of nitrogens with zero attached hydrogens (tertiary/aromatic N) is 4. The van der Waals surface area contributed by atoms with Crippen LogP contribution in [0.1, 0.15) is 33.6 Å². The molecule has 0 aromatic carbocycles. The Balaban J connectivity index is 2.86. The van der Waals surface area contributed by atoms with E-state index in [4.69, 9.17) is 10.5 Å². The van der Waals surface area contributed by atoms with Gasteiger partial charge in [-0.05, 0) is 19.8 Å². The molecule has 0 radical (unpaired) electrons. The predicted molar refractivity (Wildman–Crippen MR) is 68.2 cm³/mol. The number of nitrogen functional groups attached to an aromatic ring is 1. The van der Waals surface area contributed by atoms with E-state index in [1.807, 2.05) is 6.92 Å². The lowest BCUT2D eigenvalue weighted by Crippen LogP contribution is -2.26. The van der Waals surface area contributed by atoms with Crippen LogP contribution in [-0.2, 0) is 0 Å². The summed E-state index contributed by atoms with van der Waals surface area (Å²) in [6, 6.07) is 0.309. The maximum atomic E-state index is 5.65. The van der Waals surface area contributed by atoms with E-state index in [-0.39, 0.29) is 5.95 Å². The Morgan fingerprint density at radius 3 is 2.47 bits per heavy atom. The van der Waals surface area contributed by atoms with Crippen molar-refractivity contribution in [2.45, 2.75) is 33.6 Å². The number of ether oxygens (including phenoxy) is 1. The van der Waals surface area contributed by atoms with E-state index in [2.05, 4.69) is 33.7 Å². The monoisotopic (exact) mass is 239 g/mol. The molecule has 0 amide bonds. The Hall–Kier alpha value is -1.59. The Bertz CT molecular complexity index is 345. The fourth-order valence-electron chi connectivity index (χ4n) is 1.43. The minimum absolute atomic E-state index is 0.204. The number of aromatic nitrogens is 3. The van der Waals surface area contributed by atoms with Crippen molar-refractivity contribution in [3.05, 3.63) is 0 Å². The molecule has 1 aromatic rings. The molecule has 96 valence electrons. The van der Waals surface area contributed by atoms with Gasteiger partial charge in [-0.15, -0.1) is 0 Å². The molecule has 1 aromatic heterocycles. The van der Waals surface area contributed by atoms with Crippen LogP contribution in [0.4, 0.5) is 11.9 Å². The quantitative estimate of drug-likeness (QED) is 0.776. The highest BCUT2D eigenvalue weighted by atomic mass is 16.5. The maximum Gasteiger partial charge on any atom is 0.323 e. The molecule has 0 spiro atoms. The lowest BCUT2D eigenvalue weighted by atomic mass is 10.4. The number of hydrogen-bond acceptors (Lipinski definition) is 6. The van der Waals surface area contributed by atoms with Crippen LogP contribution >= 0.6 is 0 Å². The van der Waals surface area contributed by atoms with Crippen LogP contribution in [0.3, 0.4) is 0 Å². The van der Waals surface area contributed by atoms with E-state index in [1.54, 1.807) is 0 Å². The second-order valence-corrected chi connectivity index (χ2v) is 3.70. The topological polar surface area (TPSA) is 77.2 Å². The summed E-state index contributed by atoms with van der Waals surface area (Å²) in [5, 5.41) is 0. The van der Waals surface area contributed by atoms with E-state index < -0.39 is 0 Å². The number of hydrogen-bond donors (Lipinski definition) is 1. The van der Waals surface area contributed by atoms with Crippen molar-refractivity contribution >= 4 is 11.9 Å². The Labute approximate surface area is 102 Å². The first-order valence-corrected chi connectivity index (χ1v) is 6.10. The first-order valence-electron chi connectivity index (χ1n) is 6.10. The fraction of sp³-hybridized carbons (Fsp3) is 0.727. The van der Waals surface area contributed by atoms with Gasteiger partial charge in [0.05, 0.1) is 6.61 Å². The van der Waals surface area contributed by atoms with Gasteiger partial charge in [0.1, 0.15) is 0 Å². The van der Waals surface area contributed by atoms with Crippen molar-refractivity contribution in [2.75, 3.05) is 30.3 Å². The molecular formula is C11H21N5O. The zero-order chi connectivity index (χ0) is 12.7. The van der Waals surface area contributed by atoms with Crippen molar-refractivity contribution in [2.24, 2.45) is 0 Å². The third-order valence-electron chi connectivity index (χ3n) is 2.21. The van der Waals surface area contributed by atoms with E-state index in [0.717, 1.165) is 25.9 Å². The number of nitrogens with two attached hydrogens (primary N) is 1. The molecule has 6 heteroatoms. The highest BCUT2D eigenvalue weighted by Gasteiger charge is 2.10. The molecule has 1 rings (SSSR count). The number of anilines is 2. The third kappa shape index (κ3) is 4.05. The summed E-state index contributed by atoms with van der Waals surface area (Å²) in [5.74, 6) is 0.795. The summed E-state index contributed by atoms with van der Waals surface area (Å²) in [5.41, 5.74) is 5.65. The van der Waals surface area contributed by atoms with E-state index in [9.17, 15) is 0 Å². The van der Waals surface area contributed by atoms with Gasteiger partial charge in [0.15, 0.2) is 0 Å². The Kier molecular flexibility index (Phi) is 5.45. The van der Waals surface area contributed by atoms with Crippen molar-refractivity contribution < 1.29 is 4.74 Å². The molecule has 0 atom stereocenters. The highest BCUT2D eigenvalue weighted by molar-refractivity contribution is 5.35. The molecule has 0 unspecified atom stereocenters. The predicted octanol–water partition coefficient (Wildman–Crippen LogP) is 1.48. The van der Waals surface area contributed by atoms with Crippen LogP contribution in [0.25, 0.3) is 0 Å². The molecule has 0 saturated heterocycles. The van der Waals surface area contributed by atoms with Crippen molar-refractivity contribution in [3.63, 3.8) is 0 Å². The normalized spacial score (nSPS) is 10.3. The first-order chi connectivity index (χ1) is 8.21. The Morgan fingerprint density at radius 1 is 1.12 bits per heavy atom. The molecule has 1 heterocycles. The summed E-state index contributed by atoms with van der Waals surface area (Å²) < 4.78 is 5.38. The molecular weight excluding hydrogens is 218 g/mol. The molecule has 2 N–H and O–H groups in total. The van der Waals surface area contributed by atoms with Gasteiger partial charge in [0.2, 0.25) is 11.9 Å². The van der Waals surface area contributed by atoms with Gasteiger partial charge in [-0.2, -0.15) is 15.0 Å². The van der Waals surface area contributed by atoms with Crippen LogP contribution in [-0.4, -0.2) is 34.6 Å². The van der Waals surface area contributed by atoms with Crippen LogP contribution < -0.4 is 15.4 Å². The second kappa shape index (κ2) is 6.88. The van der Waals surface area contributed by atoms with Crippen LogP contribution in [0.2, 0.25) is 0 Å². The lowest BCUT2D eigenvalue weighted by molar-refractivity contribution is 0.292. The molecule has 6 nitrogen and oxygen atoms in total. The van der Waals surface area contributed by atoms with Crippen LogP contribution in [0.5, 0.6) is 6.01 Å². The van der Waals surface area contributed by atoms with Gasteiger partial charge in [-0.25, -0.2) is 0 Å². The van der Waals surface area contributed by atoms with E-state index >= 15 is 0 Å². The van der Waals surface area contributed by atoms with Gasteiger partial charge in [-0.3, -0.25) is 0 Å². The van der Waals surface area contributed by atoms with E-state index in [0.29, 0.717) is 18.6 Å². The zero-order valence-corrected chi connectivity index (χ0v) is 10.8. The van der Waals surface area contributed by atoms with Gasteiger partial charge in [0, 0.05) is 13.1 Å². The largest absolute Gasteiger partial charge is 0.463 e. The molecule has 0 bridgehead atoms. The first kappa shape index (κ1) is 13.5. The van der Waals surface area contributed by atoms with Crippen LogP contribution in [0, 0.1) is 0 Å². The van der Waals surface area contributed by atoms with Gasteiger partial charge in [-0.1, -0.05) is 13.8 Å². The maximum absolute atomic E-state index is 5.65. The van der Waals surface area contributed by atoms with Crippen molar-refractivity contribution in [1.82, 2.24) is 15.0 Å². The zero-order valence-electron chi connectivity index (χ0n) is 10.8. The third-order valence-corrected chi connectivity index (χ3v) is 2.21. The second-order valence-electron chi connectivity index (χ2n) is 3.70. The fourth-order valence-corrected chi connectivity index (χ4v) is 1.43. The molecule has 0 aliphatic carbocycles. The van der Waals surface area contributed by atoms with Gasteiger partial charge >= 0.3 is 6.01 Å². The van der Waals surface area contributed by atoms with Gasteiger partial charge in [0.25, 0.3) is 0 Å². The average molecular weight is 239 g/mol. The summed E-state index contributed by atoms with van der Waals surface area (Å²) in [4.78, 5) is 14.4. The van der Waals surface area contributed by atoms with Crippen molar-refractivity contribution in [3.8, 4) is 6.01 Å². The molecule has 17 heavy (non-hydrogen) atoms. The molecule has 0 aliphatic heterocycles. The smallest absolute Gasteiger partial charge is 0.323 e. The summed E-state index contributed by atoms with van der Waals surface area (Å²) in [7, 11) is 0. The van der Waals surface area contributed by atoms with Gasteiger partial charge < -0.3 is 15.4 Å². The summed E-state index contributed by atoms with van der Waals surface area (Å²) >= 11 is 0. The summed E-state index contributed by atoms with van der Waals surface area (Å²) in [6.45, 7) is 8.52. The van der Waals surface area contributed by atoms with Crippen molar-refractivity contribution in [1.29, 1.82) is 0 Å². The standard InChI is InChI=1S/C11H21N5O/c1-4-7-16(6-3)10-13-9(12)14-11(15-10)17-8-5-2/h4-8H2,1-3H3,(H2,12,13,14,15). The SMILES string of the molecule is CCCOc1nc(N)nc(N(CC)CCC)n1. The summed E-state index contributed by atoms with van der Waals surface area (Å²) in [6.07, 6.45) is 1.94. The van der Waals surface area contributed by atoms with E-state index in [1.165, 1.54) is 0 Å². The lowest BCUT2D eigenvalue weighted by Gasteiger charge is -2.20. The molecule has 0 fully saturated rings. The highest BCUT2D eigenvalue weighted by Crippen LogP contribution is 2.13. The van der Waals surface area contributed by atoms with Crippen LogP contribution in [0.15, 0.2) is 0 Å². The number of rotatable bonds is 7. The molecule has 0 aliphatic rings. The average Bonchev–Trinajstić information content (AvgIpc) is 2.32. The Morgan fingerprint density at radius 2 is 1.88 bits per heavy atom. The molecule has 0 saturated carbocycles. The minimum atomic E-state index is 0.204. The minimum Gasteiger partial charge on any atom is -0.463 e.